The van der Waals surface area contributed by atoms with Crippen molar-refractivity contribution in [1.82, 2.24) is 0 Å². The molecule has 1 aromatic rings. The highest BCUT2D eigenvalue weighted by atomic mass is 15.1. The summed E-state index contributed by atoms with van der Waals surface area (Å²) in [5.74, 6) is 0. The van der Waals surface area contributed by atoms with E-state index in [9.17, 15) is 0 Å². The van der Waals surface area contributed by atoms with E-state index in [-0.39, 0.29) is 0 Å². The number of fused-ring (bicyclic) bond motifs is 1. The van der Waals surface area contributed by atoms with Gasteiger partial charge in [-0.2, -0.15) is 0 Å². The number of anilines is 1. The lowest BCUT2D eigenvalue weighted by atomic mass is 9.89. The molecule has 0 spiro atoms. The second kappa shape index (κ2) is 7.92. The third kappa shape index (κ3) is 3.79. The predicted octanol–water partition coefficient (Wildman–Crippen LogP) is 5.50. The summed E-state index contributed by atoms with van der Waals surface area (Å²) in [5.41, 5.74) is 9.94. The molecule has 0 aromatic heterocycles. The summed E-state index contributed by atoms with van der Waals surface area (Å²) in [6.07, 6.45) is 8.84. The Hall–Kier alpha value is -3.39. The highest BCUT2D eigenvalue weighted by Crippen LogP contribution is 2.38. The van der Waals surface area contributed by atoms with Crippen molar-refractivity contribution < 1.29 is 4.58 Å². The molecule has 29 heavy (non-hydrogen) atoms. The fourth-order valence-corrected chi connectivity index (χ4v) is 3.76. The molecule has 0 amide bonds. The van der Waals surface area contributed by atoms with Crippen molar-refractivity contribution in [2.75, 3.05) is 33.1 Å². The molecule has 2 nitrogen and oxygen atoms in total. The maximum absolute atomic E-state index is 2.25. The summed E-state index contributed by atoms with van der Waals surface area (Å²) in [5, 5.41) is 0. The summed E-state index contributed by atoms with van der Waals surface area (Å²) in [6, 6.07) is 24.0. The number of hydrogen-bond donors (Lipinski definition) is 0. The van der Waals surface area contributed by atoms with Gasteiger partial charge in [0.15, 0.2) is 5.71 Å². The first-order chi connectivity index (χ1) is 14.0. The molecule has 0 aliphatic heterocycles. The van der Waals surface area contributed by atoms with Gasteiger partial charge in [0.1, 0.15) is 14.1 Å². The van der Waals surface area contributed by atoms with Crippen LogP contribution < -0.4 is 4.90 Å². The van der Waals surface area contributed by atoms with Gasteiger partial charge in [-0.1, -0.05) is 54.6 Å². The van der Waals surface area contributed by atoms with Crippen LogP contribution in [0.3, 0.4) is 0 Å². The van der Waals surface area contributed by atoms with E-state index in [1.165, 1.54) is 44.8 Å². The Morgan fingerprint density at radius 2 is 1.41 bits per heavy atom. The Morgan fingerprint density at radius 3 is 2.07 bits per heavy atom. The minimum atomic E-state index is 1.20. The summed E-state index contributed by atoms with van der Waals surface area (Å²) in [7, 11) is 8.29. The Labute approximate surface area is 173 Å². The first kappa shape index (κ1) is 18.9. The average molecular weight is 380 g/mol. The third-order valence-corrected chi connectivity index (χ3v) is 5.41. The smallest absolute Gasteiger partial charge is 0.199 e. The quantitative estimate of drug-likeness (QED) is 0.545. The average Bonchev–Trinajstić information content (AvgIpc) is 2.96. The third-order valence-electron chi connectivity index (χ3n) is 5.41. The largest absolute Gasteiger partial charge is 0.378 e. The van der Waals surface area contributed by atoms with Crippen LogP contribution in [0.2, 0.25) is 0 Å². The van der Waals surface area contributed by atoms with E-state index in [2.05, 4.69) is 129 Å². The van der Waals surface area contributed by atoms with Gasteiger partial charge in [0.25, 0.3) is 0 Å². The van der Waals surface area contributed by atoms with Crippen LogP contribution in [0.5, 0.6) is 0 Å². The van der Waals surface area contributed by atoms with Crippen LogP contribution >= 0.6 is 0 Å². The molecule has 0 fully saturated rings. The highest BCUT2D eigenvalue weighted by Gasteiger charge is 2.18. The van der Waals surface area contributed by atoms with Crippen molar-refractivity contribution in [1.29, 1.82) is 0 Å². The van der Waals surface area contributed by atoms with Crippen molar-refractivity contribution in [2.45, 2.75) is 0 Å². The Balaban J connectivity index is 1.92. The summed E-state index contributed by atoms with van der Waals surface area (Å²) in [6.45, 7) is 0. The van der Waals surface area contributed by atoms with Gasteiger partial charge >= 0.3 is 0 Å². The molecule has 0 unspecified atom stereocenters. The number of nitrogens with zero attached hydrogens (tertiary/aromatic N) is 2. The molecule has 0 radical (unpaired) electrons. The van der Waals surface area contributed by atoms with Gasteiger partial charge < -0.3 is 4.90 Å². The molecule has 0 saturated heterocycles. The van der Waals surface area contributed by atoms with Gasteiger partial charge in [0, 0.05) is 31.9 Å². The van der Waals surface area contributed by atoms with Crippen LogP contribution in [0, 0.1) is 0 Å². The van der Waals surface area contributed by atoms with Crippen molar-refractivity contribution in [2.24, 2.45) is 0 Å². The first-order valence-corrected chi connectivity index (χ1v) is 9.95. The Kier molecular flexibility index (Phi) is 5.18. The number of rotatable bonds is 3. The number of hydrogen-bond acceptors (Lipinski definition) is 1. The molecule has 0 saturated carbocycles. The fraction of sp³-hybridized carbons (Fsp3) is 0.148. The molecule has 3 aliphatic rings. The maximum Gasteiger partial charge on any atom is 0.199 e. The second-order valence-electron chi connectivity index (χ2n) is 7.78. The molecule has 3 aliphatic carbocycles. The Bertz CT molecular complexity index is 1100. The molecule has 2 heteroatoms. The number of benzene rings is 1. The minimum Gasteiger partial charge on any atom is -0.378 e. The molecule has 1 aromatic carbocycles. The first-order valence-electron chi connectivity index (χ1n) is 9.95. The maximum atomic E-state index is 2.25. The van der Waals surface area contributed by atoms with Gasteiger partial charge in [-0.3, -0.25) is 0 Å². The lowest BCUT2D eigenvalue weighted by Gasteiger charge is -2.17. The molecule has 0 heterocycles. The van der Waals surface area contributed by atoms with Crippen LogP contribution in [0.1, 0.15) is 11.1 Å². The monoisotopic (exact) mass is 379 g/mol. The highest BCUT2D eigenvalue weighted by molar-refractivity contribution is 6.04. The normalized spacial score (nSPS) is 13.1. The second-order valence-corrected chi connectivity index (χ2v) is 7.78. The molecule has 144 valence electrons. The zero-order valence-corrected chi connectivity index (χ0v) is 17.6. The van der Waals surface area contributed by atoms with E-state index in [0.29, 0.717) is 0 Å². The van der Waals surface area contributed by atoms with Gasteiger partial charge in [0.05, 0.1) is 0 Å². The van der Waals surface area contributed by atoms with Gasteiger partial charge in [-0.15, -0.1) is 0 Å². The zero-order valence-electron chi connectivity index (χ0n) is 17.6. The molecule has 4 rings (SSSR count). The van der Waals surface area contributed by atoms with Gasteiger partial charge in [-0.25, -0.2) is 4.58 Å². The van der Waals surface area contributed by atoms with E-state index >= 15 is 0 Å². The topological polar surface area (TPSA) is 6.25 Å². The lowest BCUT2D eigenvalue weighted by Crippen LogP contribution is -2.10. The van der Waals surface area contributed by atoms with E-state index in [1.807, 2.05) is 0 Å². The summed E-state index contributed by atoms with van der Waals surface area (Å²) < 4.78 is 2.13. The van der Waals surface area contributed by atoms with E-state index in [0.717, 1.165) is 0 Å². The molecule has 0 N–H and O–H groups in total. The minimum absolute atomic E-state index is 1.20. The molecule has 0 atom stereocenters. The van der Waals surface area contributed by atoms with Crippen LogP contribution in [0.15, 0.2) is 96.6 Å². The van der Waals surface area contributed by atoms with Crippen molar-refractivity contribution in [3.8, 4) is 11.1 Å². The van der Waals surface area contributed by atoms with Crippen molar-refractivity contribution >= 4 is 17.0 Å². The summed E-state index contributed by atoms with van der Waals surface area (Å²) in [4.78, 5) is 2.13. The van der Waals surface area contributed by atoms with Crippen LogP contribution in [-0.4, -0.2) is 38.5 Å². The number of allylic oxidation sites excluding steroid dienone is 5. The van der Waals surface area contributed by atoms with E-state index < -0.39 is 0 Å². The lowest BCUT2D eigenvalue weighted by molar-refractivity contribution is -0.462. The molecular formula is C27H27N2+. The zero-order chi connectivity index (χ0) is 20.4. The standard InChI is InChI=1S/C27H27N2/c1-28(2)23-15-10-21(11-16-23)27(22-12-17-24(18-13-22)29(3)4)26-19-14-20-8-6-5-7-9-25(20)26/h5-19H,1-4H3/q+1. The molecular weight excluding hydrogens is 352 g/mol. The predicted molar refractivity (Wildman–Crippen MR) is 125 cm³/mol. The van der Waals surface area contributed by atoms with Crippen LogP contribution in [0.4, 0.5) is 5.69 Å². The van der Waals surface area contributed by atoms with E-state index in [1.54, 1.807) is 0 Å². The van der Waals surface area contributed by atoms with Gasteiger partial charge in [-0.05, 0) is 57.7 Å². The van der Waals surface area contributed by atoms with Crippen molar-refractivity contribution in [3.63, 3.8) is 0 Å². The van der Waals surface area contributed by atoms with E-state index in [4.69, 9.17) is 0 Å². The molecule has 0 bridgehead atoms. The van der Waals surface area contributed by atoms with Crippen LogP contribution in [0.25, 0.3) is 16.7 Å². The van der Waals surface area contributed by atoms with Crippen LogP contribution in [-0.2, 0) is 0 Å². The van der Waals surface area contributed by atoms with Gasteiger partial charge in [0.2, 0.25) is 0 Å². The summed E-state index contributed by atoms with van der Waals surface area (Å²) >= 11 is 0. The fourth-order valence-electron chi connectivity index (χ4n) is 3.76. The SMILES string of the molecule is CN(C)c1ccc(C(=C2C=CC(=[N+](C)C)C=C2)c2ccc3cccccc2-3)cc1. The Morgan fingerprint density at radius 1 is 0.724 bits per heavy atom. The van der Waals surface area contributed by atoms with Crippen molar-refractivity contribution in [3.05, 3.63) is 108 Å².